The van der Waals surface area contributed by atoms with Crippen LogP contribution in [0.15, 0.2) is 6.20 Å². The molecule has 2 atom stereocenters. The van der Waals surface area contributed by atoms with Gasteiger partial charge in [-0.15, -0.1) is 16.7 Å². The van der Waals surface area contributed by atoms with Crippen molar-refractivity contribution in [3.63, 3.8) is 0 Å². The minimum atomic E-state index is -0.0283. The SMILES string of the molecule is CCC(Cl)c1cn(CC2CCC3(CCCC3)O2)nn1. The molecule has 1 saturated heterocycles. The minimum absolute atomic E-state index is 0.0283. The highest BCUT2D eigenvalue weighted by molar-refractivity contribution is 6.20. The zero-order valence-electron chi connectivity index (χ0n) is 11.5. The minimum Gasteiger partial charge on any atom is -0.370 e. The summed E-state index contributed by atoms with van der Waals surface area (Å²) in [6, 6.07) is 0. The van der Waals surface area contributed by atoms with Crippen LogP contribution in [0.2, 0.25) is 0 Å². The van der Waals surface area contributed by atoms with Gasteiger partial charge in [-0.1, -0.05) is 25.0 Å². The Morgan fingerprint density at radius 3 is 3.00 bits per heavy atom. The third-order valence-electron chi connectivity index (χ3n) is 4.48. The molecule has 0 amide bonds. The Labute approximate surface area is 119 Å². The van der Waals surface area contributed by atoms with Gasteiger partial charge in [0.1, 0.15) is 5.69 Å². The van der Waals surface area contributed by atoms with E-state index in [1.165, 1.54) is 32.1 Å². The van der Waals surface area contributed by atoms with Gasteiger partial charge in [-0.25, -0.2) is 4.68 Å². The molecule has 4 nitrogen and oxygen atoms in total. The molecule has 2 aliphatic rings. The number of rotatable bonds is 4. The molecule has 1 saturated carbocycles. The zero-order valence-corrected chi connectivity index (χ0v) is 12.3. The van der Waals surface area contributed by atoms with Crippen LogP contribution in [0.3, 0.4) is 0 Å². The summed E-state index contributed by atoms with van der Waals surface area (Å²) in [5.74, 6) is 0. The number of nitrogens with zero attached hydrogens (tertiary/aromatic N) is 3. The van der Waals surface area contributed by atoms with Gasteiger partial charge in [0.05, 0.1) is 29.8 Å². The Morgan fingerprint density at radius 2 is 2.26 bits per heavy atom. The van der Waals surface area contributed by atoms with E-state index in [4.69, 9.17) is 16.3 Å². The first-order valence-corrected chi connectivity index (χ1v) is 7.86. The Kier molecular flexibility index (Phi) is 3.81. The maximum atomic E-state index is 6.29. The van der Waals surface area contributed by atoms with E-state index < -0.39 is 0 Å². The van der Waals surface area contributed by atoms with Crippen LogP contribution in [0.4, 0.5) is 0 Å². The van der Waals surface area contributed by atoms with Gasteiger partial charge >= 0.3 is 0 Å². The summed E-state index contributed by atoms with van der Waals surface area (Å²) in [5.41, 5.74) is 1.07. The van der Waals surface area contributed by atoms with Crippen LogP contribution < -0.4 is 0 Å². The maximum Gasteiger partial charge on any atom is 0.100 e. The van der Waals surface area contributed by atoms with Crippen LogP contribution in [0.5, 0.6) is 0 Å². The molecule has 106 valence electrons. The van der Waals surface area contributed by atoms with E-state index in [2.05, 4.69) is 17.2 Å². The van der Waals surface area contributed by atoms with Gasteiger partial charge in [0.2, 0.25) is 0 Å². The smallest absolute Gasteiger partial charge is 0.100 e. The molecule has 0 radical (unpaired) electrons. The average molecular weight is 284 g/mol. The van der Waals surface area contributed by atoms with Crippen LogP contribution >= 0.6 is 11.6 Å². The molecule has 19 heavy (non-hydrogen) atoms. The lowest BCUT2D eigenvalue weighted by atomic mass is 9.98. The largest absolute Gasteiger partial charge is 0.370 e. The standard InChI is InChI=1S/C14H22ClN3O/c1-2-12(15)13-10-18(17-16-13)9-11-5-8-14(19-11)6-3-4-7-14/h10-12H,2-9H2,1H3. The Bertz CT molecular complexity index is 428. The van der Waals surface area contributed by atoms with Crippen molar-refractivity contribution in [3.8, 4) is 0 Å². The van der Waals surface area contributed by atoms with E-state index in [1.54, 1.807) is 0 Å². The molecule has 3 rings (SSSR count). The third-order valence-corrected chi connectivity index (χ3v) is 5.01. The quantitative estimate of drug-likeness (QED) is 0.795. The number of alkyl halides is 1. The second-order valence-corrected chi connectivity index (χ2v) is 6.44. The first-order valence-electron chi connectivity index (χ1n) is 7.43. The predicted molar refractivity (Wildman–Crippen MR) is 74.2 cm³/mol. The van der Waals surface area contributed by atoms with Crippen molar-refractivity contribution in [1.29, 1.82) is 0 Å². The molecular weight excluding hydrogens is 262 g/mol. The Morgan fingerprint density at radius 1 is 1.47 bits per heavy atom. The molecule has 1 spiro atoms. The van der Waals surface area contributed by atoms with Crippen molar-refractivity contribution in [2.45, 2.75) is 75.5 Å². The molecule has 0 aromatic carbocycles. The lowest BCUT2D eigenvalue weighted by Gasteiger charge is -2.23. The summed E-state index contributed by atoms with van der Waals surface area (Å²) in [7, 11) is 0. The summed E-state index contributed by atoms with van der Waals surface area (Å²) < 4.78 is 8.18. The van der Waals surface area contributed by atoms with Crippen LogP contribution in [0.25, 0.3) is 0 Å². The molecule has 1 aromatic heterocycles. The van der Waals surface area contributed by atoms with Crippen molar-refractivity contribution in [1.82, 2.24) is 15.0 Å². The van der Waals surface area contributed by atoms with E-state index in [9.17, 15) is 0 Å². The van der Waals surface area contributed by atoms with Crippen molar-refractivity contribution in [3.05, 3.63) is 11.9 Å². The van der Waals surface area contributed by atoms with E-state index in [-0.39, 0.29) is 11.0 Å². The maximum absolute atomic E-state index is 6.29. The zero-order chi connectivity index (χ0) is 13.3. The first-order chi connectivity index (χ1) is 9.21. The molecule has 2 unspecified atom stereocenters. The van der Waals surface area contributed by atoms with Gasteiger partial charge in [0.15, 0.2) is 0 Å². The van der Waals surface area contributed by atoms with E-state index in [0.29, 0.717) is 6.10 Å². The van der Waals surface area contributed by atoms with Crippen LogP contribution in [-0.4, -0.2) is 26.7 Å². The average Bonchev–Trinajstić information content (AvgIpc) is 3.13. The second kappa shape index (κ2) is 5.41. The summed E-state index contributed by atoms with van der Waals surface area (Å²) in [5, 5.41) is 8.28. The monoisotopic (exact) mass is 283 g/mol. The third kappa shape index (κ3) is 2.79. The number of hydrogen-bond acceptors (Lipinski definition) is 3. The molecule has 2 heterocycles. The van der Waals surface area contributed by atoms with Crippen molar-refractivity contribution >= 4 is 11.6 Å². The summed E-state index contributed by atoms with van der Waals surface area (Å²) >= 11 is 6.17. The number of aromatic nitrogens is 3. The van der Waals surface area contributed by atoms with Gasteiger partial charge in [-0.2, -0.15) is 0 Å². The highest BCUT2D eigenvalue weighted by Crippen LogP contribution is 2.43. The number of halogens is 1. The van der Waals surface area contributed by atoms with Gasteiger partial charge in [-0.3, -0.25) is 0 Å². The predicted octanol–water partition coefficient (Wildman–Crippen LogP) is 3.46. The molecular formula is C14H22ClN3O. The molecule has 5 heteroatoms. The topological polar surface area (TPSA) is 39.9 Å². The molecule has 1 aliphatic carbocycles. The van der Waals surface area contributed by atoms with Crippen LogP contribution in [0.1, 0.15) is 62.9 Å². The number of ether oxygens (including phenoxy) is 1. The molecule has 0 N–H and O–H groups in total. The van der Waals surface area contributed by atoms with Gasteiger partial charge in [0.25, 0.3) is 0 Å². The van der Waals surface area contributed by atoms with Gasteiger partial charge < -0.3 is 4.74 Å². The molecule has 2 fully saturated rings. The molecule has 1 aromatic rings. The normalized spacial score (nSPS) is 27.2. The van der Waals surface area contributed by atoms with Crippen molar-refractivity contribution in [2.24, 2.45) is 0 Å². The fraction of sp³-hybridized carbons (Fsp3) is 0.857. The summed E-state index contributed by atoms with van der Waals surface area (Å²) in [6.07, 6.45) is 10.6. The van der Waals surface area contributed by atoms with Crippen molar-refractivity contribution < 1.29 is 4.74 Å². The van der Waals surface area contributed by atoms with Crippen LogP contribution in [-0.2, 0) is 11.3 Å². The lowest BCUT2D eigenvalue weighted by Crippen LogP contribution is -2.26. The Balaban J connectivity index is 1.58. The van der Waals surface area contributed by atoms with E-state index >= 15 is 0 Å². The highest BCUT2D eigenvalue weighted by atomic mass is 35.5. The van der Waals surface area contributed by atoms with Gasteiger partial charge in [0, 0.05) is 0 Å². The van der Waals surface area contributed by atoms with Gasteiger partial charge in [-0.05, 0) is 32.1 Å². The first kappa shape index (κ1) is 13.4. The fourth-order valence-corrected chi connectivity index (χ4v) is 3.48. The highest BCUT2D eigenvalue weighted by Gasteiger charge is 2.42. The molecule has 1 aliphatic heterocycles. The van der Waals surface area contributed by atoms with Crippen molar-refractivity contribution in [2.75, 3.05) is 0 Å². The lowest BCUT2D eigenvalue weighted by molar-refractivity contribution is -0.0430. The summed E-state index contributed by atoms with van der Waals surface area (Å²) in [6.45, 7) is 2.86. The fourth-order valence-electron chi connectivity index (χ4n) is 3.38. The molecule has 0 bridgehead atoms. The number of hydrogen-bond donors (Lipinski definition) is 0. The second-order valence-electron chi connectivity index (χ2n) is 5.91. The van der Waals surface area contributed by atoms with E-state index in [0.717, 1.165) is 25.1 Å². The summed E-state index contributed by atoms with van der Waals surface area (Å²) in [4.78, 5) is 0. The van der Waals surface area contributed by atoms with E-state index in [1.807, 2.05) is 10.9 Å². The Hall–Kier alpha value is -0.610. The van der Waals surface area contributed by atoms with Crippen LogP contribution in [0, 0.1) is 0 Å².